The molecule has 1 aliphatic carbocycles. The van der Waals surface area contributed by atoms with Crippen LogP contribution >= 0.6 is 0 Å². The Balaban J connectivity index is 2.49. The predicted molar refractivity (Wildman–Crippen MR) is 55.7 cm³/mol. The lowest BCUT2D eigenvalue weighted by Gasteiger charge is -2.25. The maximum Gasteiger partial charge on any atom is 0.139 e. The van der Waals surface area contributed by atoms with Crippen LogP contribution in [-0.4, -0.2) is 5.78 Å². The first kappa shape index (κ1) is 10.7. The van der Waals surface area contributed by atoms with Crippen molar-refractivity contribution >= 4 is 5.78 Å². The summed E-state index contributed by atoms with van der Waals surface area (Å²) in [5, 5.41) is 0. The zero-order valence-electron chi connectivity index (χ0n) is 9.07. The van der Waals surface area contributed by atoms with E-state index in [1.165, 1.54) is 12.8 Å². The van der Waals surface area contributed by atoms with Gasteiger partial charge in [0.05, 0.1) is 0 Å². The summed E-state index contributed by atoms with van der Waals surface area (Å²) in [5.74, 6) is 0.550. The van der Waals surface area contributed by atoms with Crippen molar-refractivity contribution in [2.75, 3.05) is 0 Å². The first-order valence-electron chi connectivity index (χ1n) is 5.78. The van der Waals surface area contributed by atoms with E-state index in [0.717, 1.165) is 38.5 Å². The SMILES string of the molecule is CCCCC(=O)C1(CC)CCCC1. The van der Waals surface area contributed by atoms with E-state index in [9.17, 15) is 4.79 Å². The smallest absolute Gasteiger partial charge is 0.139 e. The summed E-state index contributed by atoms with van der Waals surface area (Å²) >= 11 is 0. The highest BCUT2D eigenvalue weighted by Gasteiger charge is 2.37. The number of carbonyl (C=O) groups is 1. The van der Waals surface area contributed by atoms with Crippen molar-refractivity contribution in [1.82, 2.24) is 0 Å². The van der Waals surface area contributed by atoms with E-state index in [0.29, 0.717) is 5.78 Å². The number of Topliss-reactive ketones (excluding diaryl/α,β-unsaturated/α-hetero) is 1. The molecule has 0 saturated heterocycles. The molecule has 0 bridgehead atoms. The molecule has 0 aliphatic heterocycles. The quantitative estimate of drug-likeness (QED) is 0.633. The summed E-state index contributed by atoms with van der Waals surface area (Å²) in [5.41, 5.74) is 0.106. The highest BCUT2D eigenvalue weighted by Crippen LogP contribution is 2.42. The second kappa shape index (κ2) is 4.78. The fraction of sp³-hybridized carbons (Fsp3) is 0.917. The van der Waals surface area contributed by atoms with Gasteiger partial charge < -0.3 is 0 Å². The highest BCUT2D eigenvalue weighted by molar-refractivity contribution is 5.85. The molecular formula is C12H22O. The number of hydrogen-bond acceptors (Lipinski definition) is 1. The standard InChI is InChI=1S/C12H22O/c1-3-5-8-11(13)12(4-2)9-6-7-10-12/h3-10H2,1-2H3. The van der Waals surface area contributed by atoms with Gasteiger partial charge in [-0.2, -0.15) is 0 Å². The van der Waals surface area contributed by atoms with Crippen LogP contribution in [0.2, 0.25) is 0 Å². The summed E-state index contributed by atoms with van der Waals surface area (Å²) in [6, 6.07) is 0. The molecule has 0 amide bonds. The zero-order valence-corrected chi connectivity index (χ0v) is 9.07. The number of rotatable bonds is 5. The topological polar surface area (TPSA) is 17.1 Å². The first-order chi connectivity index (χ1) is 6.25. The normalized spacial score (nSPS) is 20.5. The fourth-order valence-electron chi connectivity index (χ4n) is 2.48. The van der Waals surface area contributed by atoms with E-state index in [2.05, 4.69) is 13.8 Å². The van der Waals surface area contributed by atoms with Crippen LogP contribution in [0.3, 0.4) is 0 Å². The molecule has 1 rings (SSSR count). The molecule has 0 atom stereocenters. The molecule has 1 saturated carbocycles. The van der Waals surface area contributed by atoms with Crippen LogP contribution in [0.4, 0.5) is 0 Å². The van der Waals surface area contributed by atoms with Gasteiger partial charge in [0.2, 0.25) is 0 Å². The molecule has 0 unspecified atom stereocenters. The van der Waals surface area contributed by atoms with E-state index < -0.39 is 0 Å². The Kier molecular flexibility index (Phi) is 3.95. The summed E-state index contributed by atoms with van der Waals surface area (Å²) in [6.07, 6.45) is 8.97. The zero-order chi connectivity index (χ0) is 9.73. The Bertz CT molecular complexity index is 166. The molecule has 13 heavy (non-hydrogen) atoms. The van der Waals surface area contributed by atoms with Gasteiger partial charge in [0.25, 0.3) is 0 Å². The molecule has 0 aromatic heterocycles. The molecule has 0 radical (unpaired) electrons. The second-order valence-electron chi connectivity index (χ2n) is 4.37. The average Bonchev–Trinajstić information content (AvgIpc) is 2.63. The molecule has 0 N–H and O–H groups in total. The first-order valence-corrected chi connectivity index (χ1v) is 5.78. The van der Waals surface area contributed by atoms with Crippen molar-refractivity contribution in [1.29, 1.82) is 0 Å². The Morgan fingerprint density at radius 1 is 1.23 bits per heavy atom. The van der Waals surface area contributed by atoms with Gasteiger partial charge in [-0.3, -0.25) is 4.79 Å². The number of unbranched alkanes of at least 4 members (excludes halogenated alkanes) is 1. The van der Waals surface area contributed by atoms with Crippen molar-refractivity contribution in [3.05, 3.63) is 0 Å². The van der Waals surface area contributed by atoms with Gasteiger partial charge in [-0.25, -0.2) is 0 Å². The molecule has 1 aliphatic rings. The molecule has 76 valence electrons. The third kappa shape index (κ3) is 2.32. The second-order valence-corrected chi connectivity index (χ2v) is 4.37. The van der Waals surface area contributed by atoms with Gasteiger partial charge in [-0.05, 0) is 25.7 Å². The van der Waals surface area contributed by atoms with Crippen LogP contribution in [0, 0.1) is 5.41 Å². The van der Waals surface area contributed by atoms with Crippen molar-refractivity contribution in [3.63, 3.8) is 0 Å². The minimum atomic E-state index is 0.106. The van der Waals surface area contributed by atoms with Crippen molar-refractivity contribution in [2.45, 2.75) is 65.2 Å². The summed E-state index contributed by atoms with van der Waals surface area (Å²) in [7, 11) is 0. The van der Waals surface area contributed by atoms with Crippen molar-refractivity contribution < 1.29 is 4.79 Å². The van der Waals surface area contributed by atoms with Crippen LogP contribution < -0.4 is 0 Å². The number of ketones is 1. The third-order valence-electron chi connectivity index (χ3n) is 3.59. The summed E-state index contributed by atoms with van der Waals surface area (Å²) in [4.78, 5) is 12.0. The van der Waals surface area contributed by atoms with E-state index >= 15 is 0 Å². The van der Waals surface area contributed by atoms with E-state index in [-0.39, 0.29) is 5.41 Å². The summed E-state index contributed by atoms with van der Waals surface area (Å²) in [6.45, 7) is 4.33. The van der Waals surface area contributed by atoms with E-state index in [1.54, 1.807) is 0 Å². The fourth-order valence-corrected chi connectivity index (χ4v) is 2.48. The van der Waals surface area contributed by atoms with Gasteiger partial charge in [-0.15, -0.1) is 0 Å². The lowest BCUT2D eigenvalue weighted by molar-refractivity contribution is -0.128. The van der Waals surface area contributed by atoms with Crippen LogP contribution in [0.1, 0.15) is 65.2 Å². The molecule has 1 heteroatoms. The van der Waals surface area contributed by atoms with E-state index in [1.807, 2.05) is 0 Å². The predicted octanol–water partition coefficient (Wildman–Crippen LogP) is 3.72. The monoisotopic (exact) mass is 182 g/mol. The molecule has 1 fully saturated rings. The molecule has 0 aromatic rings. The molecule has 1 nitrogen and oxygen atoms in total. The Hall–Kier alpha value is -0.330. The lowest BCUT2D eigenvalue weighted by atomic mass is 9.77. The molecule has 0 aromatic carbocycles. The van der Waals surface area contributed by atoms with Crippen LogP contribution in [0.5, 0.6) is 0 Å². The van der Waals surface area contributed by atoms with Crippen molar-refractivity contribution in [3.8, 4) is 0 Å². The third-order valence-corrected chi connectivity index (χ3v) is 3.59. The molecular weight excluding hydrogens is 160 g/mol. The van der Waals surface area contributed by atoms with Gasteiger partial charge in [0.1, 0.15) is 5.78 Å². The minimum Gasteiger partial charge on any atom is -0.299 e. The van der Waals surface area contributed by atoms with Crippen molar-refractivity contribution in [2.24, 2.45) is 5.41 Å². The maximum absolute atomic E-state index is 12.0. The Morgan fingerprint density at radius 2 is 1.85 bits per heavy atom. The molecule has 0 heterocycles. The Labute approximate surface area is 81.9 Å². The van der Waals surface area contributed by atoms with Gasteiger partial charge in [0.15, 0.2) is 0 Å². The van der Waals surface area contributed by atoms with Crippen LogP contribution in [0.15, 0.2) is 0 Å². The average molecular weight is 182 g/mol. The van der Waals surface area contributed by atoms with Gasteiger partial charge in [0, 0.05) is 11.8 Å². The summed E-state index contributed by atoms with van der Waals surface area (Å²) < 4.78 is 0. The Morgan fingerprint density at radius 3 is 2.31 bits per heavy atom. The van der Waals surface area contributed by atoms with E-state index in [4.69, 9.17) is 0 Å². The van der Waals surface area contributed by atoms with Gasteiger partial charge in [-0.1, -0.05) is 33.1 Å². The van der Waals surface area contributed by atoms with Gasteiger partial charge >= 0.3 is 0 Å². The minimum absolute atomic E-state index is 0.106. The molecule has 0 spiro atoms. The highest BCUT2D eigenvalue weighted by atomic mass is 16.1. The van der Waals surface area contributed by atoms with Crippen LogP contribution in [-0.2, 0) is 4.79 Å². The van der Waals surface area contributed by atoms with Crippen LogP contribution in [0.25, 0.3) is 0 Å². The largest absolute Gasteiger partial charge is 0.299 e. The maximum atomic E-state index is 12.0. The number of hydrogen-bond donors (Lipinski definition) is 0. The lowest BCUT2D eigenvalue weighted by Crippen LogP contribution is -2.26. The number of carbonyl (C=O) groups excluding carboxylic acids is 1.